The highest BCUT2D eigenvalue weighted by molar-refractivity contribution is 5.36. The maximum atomic E-state index is 5.49. The van der Waals surface area contributed by atoms with Crippen molar-refractivity contribution in [2.75, 3.05) is 13.7 Å². The summed E-state index contributed by atoms with van der Waals surface area (Å²) < 4.78 is 7.24. The molecule has 0 unspecified atom stereocenters. The fourth-order valence-corrected chi connectivity index (χ4v) is 2.19. The van der Waals surface area contributed by atoms with E-state index in [4.69, 9.17) is 10.5 Å². The predicted molar refractivity (Wildman–Crippen MR) is 78.8 cm³/mol. The van der Waals surface area contributed by atoms with E-state index in [9.17, 15) is 0 Å². The van der Waals surface area contributed by atoms with Crippen molar-refractivity contribution in [3.8, 4) is 5.75 Å². The summed E-state index contributed by atoms with van der Waals surface area (Å²) in [5, 5.41) is 8.37. The largest absolute Gasteiger partial charge is 0.496 e. The smallest absolute Gasteiger partial charge is 0.123 e. The van der Waals surface area contributed by atoms with Gasteiger partial charge >= 0.3 is 0 Å². The van der Waals surface area contributed by atoms with Gasteiger partial charge in [-0.2, -0.15) is 0 Å². The van der Waals surface area contributed by atoms with Crippen LogP contribution in [0, 0.1) is 6.92 Å². The summed E-state index contributed by atoms with van der Waals surface area (Å²) >= 11 is 0. The lowest BCUT2D eigenvalue weighted by molar-refractivity contribution is 0.407. The second kappa shape index (κ2) is 7.05. The number of hydrogen-bond acceptors (Lipinski definition) is 4. The molecule has 2 rings (SSSR count). The Morgan fingerprint density at radius 2 is 2.15 bits per heavy atom. The van der Waals surface area contributed by atoms with Crippen molar-refractivity contribution in [3.05, 3.63) is 41.2 Å². The molecule has 5 heteroatoms. The molecule has 5 nitrogen and oxygen atoms in total. The van der Waals surface area contributed by atoms with Crippen molar-refractivity contribution in [3.63, 3.8) is 0 Å². The van der Waals surface area contributed by atoms with Gasteiger partial charge in [0, 0.05) is 11.8 Å². The van der Waals surface area contributed by atoms with E-state index < -0.39 is 0 Å². The molecule has 0 aliphatic heterocycles. The Labute approximate surface area is 119 Å². The maximum Gasteiger partial charge on any atom is 0.123 e. The van der Waals surface area contributed by atoms with E-state index in [2.05, 4.69) is 23.3 Å². The third-order valence-corrected chi connectivity index (χ3v) is 3.24. The molecule has 20 heavy (non-hydrogen) atoms. The van der Waals surface area contributed by atoms with Gasteiger partial charge in [0.1, 0.15) is 5.75 Å². The van der Waals surface area contributed by atoms with Crippen LogP contribution < -0.4 is 10.5 Å². The van der Waals surface area contributed by atoms with E-state index in [1.165, 1.54) is 5.56 Å². The molecule has 1 heterocycles. The zero-order chi connectivity index (χ0) is 14.4. The minimum absolute atomic E-state index is 0.675. The molecule has 2 N–H and O–H groups in total. The summed E-state index contributed by atoms with van der Waals surface area (Å²) in [6.07, 6.45) is 5.02. The zero-order valence-corrected chi connectivity index (χ0v) is 12.2. The number of unbranched alkanes of at least 4 members (excludes halogenated alkanes) is 1. The number of methoxy groups -OCH3 is 1. The van der Waals surface area contributed by atoms with Crippen LogP contribution in [0.1, 0.15) is 29.7 Å². The molecule has 0 fully saturated rings. The van der Waals surface area contributed by atoms with E-state index in [1.54, 1.807) is 7.11 Å². The number of ether oxygens (including phenoxy) is 1. The van der Waals surface area contributed by atoms with Gasteiger partial charge in [-0.25, -0.2) is 4.68 Å². The highest BCUT2D eigenvalue weighted by Gasteiger charge is 2.06. The summed E-state index contributed by atoms with van der Waals surface area (Å²) in [6, 6.07) is 6.15. The SMILES string of the molecule is COc1ccc(C)cc1Cn1cc(CCCCN)nn1. The van der Waals surface area contributed by atoms with Crippen LogP contribution in [-0.4, -0.2) is 28.6 Å². The lowest BCUT2D eigenvalue weighted by Crippen LogP contribution is -2.03. The van der Waals surface area contributed by atoms with Crippen LogP contribution >= 0.6 is 0 Å². The third-order valence-electron chi connectivity index (χ3n) is 3.24. The lowest BCUT2D eigenvalue weighted by Gasteiger charge is -2.09. The minimum Gasteiger partial charge on any atom is -0.496 e. The number of aromatic nitrogens is 3. The van der Waals surface area contributed by atoms with Crippen LogP contribution in [0.3, 0.4) is 0 Å². The zero-order valence-electron chi connectivity index (χ0n) is 12.2. The molecule has 0 atom stereocenters. The van der Waals surface area contributed by atoms with Gasteiger partial charge < -0.3 is 10.5 Å². The van der Waals surface area contributed by atoms with E-state index in [1.807, 2.05) is 23.0 Å². The van der Waals surface area contributed by atoms with Crippen molar-refractivity contribution in [2.45, 2.75) is 32.7 Å². The molecular weight excluding hydrogens is 252 g/mol. The van der Waals surface area contributed by atoms with E-state index in [-0.39, 0.29) is 0 Å². The van der Waals surface area contributed by atoms with Crippen molar-refractivity contribution < 1.29 is 4.74 Å². The Balaban J connectivity index is 2.04. The molecule has 0 aliphatic rings. The molecule has 0 saturated carbocycles. The Morgan fingerprint density at radius 3 is 2.90 bits per heavy atom. The Hall–Kier alpha value is -1.88. The van der Waals surface area contributed by atoms with Crippen molar-refractivity contribution >= 4 is 0 Å². The number of nitrogens with zero attached hydrogens (tertiary/aromatic N) is 3. The molecule has 0 bridgehead atoms. The van der Waals surface area contributed by atoms with Crippen molar-refractivity contribution in [2.24, 2.45) is 5.73 Å². The summed E-state index contributed by atoms with van der Waals surface area (Å²) in [5.74, 6) is 0.885. The molecule has 1 aromatic heterocycles. The minimum atomic E-state index is 0.675. The molecule has 0 radical (unpaired) electrons. The summed E-state index contributed by atoms with van der Waals surface area (Å²) in [5.41, 5.74) is 8.84. The monoisotopic (exact) mass is 274 g/mol. The van der Waals surface area contributed by atoms with E-state index in [0.29, 0.717) is 6.54 Å². The molecule has 0 aliphatic carbocycles. The number of hydrogen-bond donors (Lipinski definition) is 1. The highest BCUT2D eigenvalue weighted by Crippen LogP contribution is 2.20. The normalized spacial score (nSPS) is 10.8. The number of rotatable bonds is 7. The van der Waals surface area contributed by atoms with Crippen LogP contribution in [0.4, 0.5) is 0 Å². The van der Waals surface area contributed by atoms with Crippen LogP contribution in [0.2, 0.25) is 0 Å². The summed E-state index contributed by atoms with van der Waals surface area (Å²) in [4.78, 5) is 0. The topological polar surface area (TPSA) is 66.0 Å². The van der Waals surface area contributed by atoms with Gasteiger partial charge in [-0.3, -0.25) is 0 Å². The van der Waals surface area contributed by atoms with Gasteiger partial charge in [-0.15, -0.1) is 5.10 Å². The van der Waals surface area contributed by atoms with Gasteiger partial charge in [0.15, 0.2) is 0 Å². The highest BCUT2D eigenvalue weighted by atomic mass is 16.5. The molecule has 0 amide bonds. The van der Waals surface area contributed by atoms with Gasteiger partial charge in [0.2, 0.25) is 0 Å². The average molecular weight is 274 g/mol. The third kappa shape index (κ3) is 3.81. The first-order chi connectivity index (χ1) is 9.72. The van der Waals surface area contributed by atoms with Crippen LogP contribution in [-0.2, 0) is 13.0 Å². The summed E-state index contributed by atoms with van der Waals surface area (Å²) in [6.45, 7) is 3.48. The lowest BCUT2D eigenvalue weighted by atomic mass is 10.1. The Bertz CT molecular complexity index is 551. The Kier molecular flexibility index (Phi) is 5.12. The standard InChI is InChI=1S/C15H22N4O/c1-12-6-7-15(20-2)13(9-12)10-19-11-14(17-18-19)5-3-4-8-16/h6-7,9,11H,3-5,8,10,16H2,1-2H3. The van der Waals surface area contributed by atoms with Gasteiger partial charge in [-0.05, 0) is 38.8 Å². The number of benzene rings is 1. The number of aryl methyl sites for hydroxylation is 2. The van der Waals surface area contributed by atoms with Gasteiger partial charge in [0.25, 0.3) is 0 Å². The quantitative estimate of drug-likeness (QED) is 0.783. The van der Waals surface area contributed by atoms with Gasteiger partial charge in [-0.1, -0.05) is 22.9 Å². The fourth-order valence-electron chi connectivity index (χ4n) is 2.19. The molecule has 1 aromatic carbocycles. The first-order valence-electron chi connectivity index (χ1n) is 6.95. The molecule has 2 aromatic rings. The summed E-state index contributed by atoms with van der Waals surface area (Å²) in [7, 11) is 1.69. The van der Waals surface area contributed by atoms with Crippen molar-refractivity contribution in [1.29, 1.82) is 0 Å². The first-order valence-corrected chi connectivity index (χ1v) is 6.95. The van der Waals surface area contributed by atoms with Crippen LogP contribution in [0.15, 0.2) is 24.4 Å². The second-order valence-electron chi connectivity index (χ2n) is 4.97. The van der Waals surface area contributed by atoms with Crippen LogP contribution in [0.25, 0.3) is 0 Å². The van der Waals surface area contributed by atoms with Crippen molar-refractivity contribution in [1.82, 2.24) is 15.0 Å². The average Bonchev–Trinajstić information content (AvgIpc) is 2.87. The van der Waals surface area contributed by atoms with E-state index >= 15 is 0 Å². The van der Waals surface area contributed by atoms with Crippen LogP contribution in [0.5, 0.6) is 5.75 Å². The molecule has 0 saturated heterocycles. The number of nitrogens with two attached hydrogens (primary N) is 1. The molecular formula is C15H22N4O. The first kappa shape index (κ1) is 14.5. The predicted octanol–water partition coefficient (Wildman–Crippen LogP) is 1.92. The molecule has 0 spiro atoms. The Morgan fingerprint density at radius 1 is 1.30 bits per heavy atom. The fraction of sp³-hybridized carbons (Fsp3) is 0.467. The van der Waals surface area contributed by atoms with Gasteiger partial charge in [0.05, 0.1) is 19.3 Å². The second-order valence-corrected chi connectivity index (χ2v) is 4.97. The molecule has 108 valence electrons. The van der Waals surface area contributed by atoms with E-state index in [0.717, 1.165) is 42.8 Å². The maximum absolute atomic E-state index is 5.49.